The van der Waals surface area contributed by atoms with Crippen molar-refractivity contribution in [1.29, 1.82) is 0 Å². The maximum absolute atomic E-state index is 12.1. The first-order valence-corrected chi connectivity index (χ1v) is 8.22. The van der Waals surface area contributed by atoms with E-state index in [9.17, 15) is 4.79 Å². The molecule has 1 aliphatic rings. The van der Waals surface area contributed by atoms with Gasteiger partial charge in [0.2, 0.25) is 0 Å². The predicted octanol–water partition coefficient (Wildman–Crippen LogP) is 3.98. The van der Waals surface area contributed by atoms with E-state index in [0.717, 1.165) is 28.9 Å². The molecule has 0 atom stereocenters. The lowest BCUT2D eigenvalue weighted by Crippen LogP contribution is -2.24. The van der Waals surface area contributed by atoms with Gasteiger partial charge in [0.05, 0.1) is 7.11 Å². The molecule has 0 unspecified atom stereocenters. The minimum atomic E-state index is -0.502. The van der Waals surface area contributed by atoms with E-state index >= 15 is 0 Å². The van der Waals surface area contributed by atoms with E-state index in [0.29, 0.717) is 13.0 Å². The summed E-state index contributed by atoms with van der Waals surface area (Å²) in [6.07, 6.45) is 1.38. The molecule has 1 aliphatic carbocycles. The van der Waals surface area contributed by atoms with Crippen molar-refractivity contribution in [3.05, 3.63) is 52.1 Å². The van der Waals surface area contributed by atoms with Crippen LogP contribution in [0.5, 0.6) is 5.75 Å². The van der Waals surface area contributed by atoms with Crippen molar-refractivity contribution < 1.29 is 19.1 Å². The van der Waals surface area contributed by atoms with Gasteiger partial charge in [0.15, 0.2) is 5.71 Å². The summed E-state index contributed by atoms with van der Waals surface area (Å²) in [7, 11) is 2.76. The zero-order valence-electron chi connectivity index (χ0n) is 15.5. The number of nitrogens with zero attached hydrogens (tertiary/aromatic N) is 1. The van der Waals surface area contributed by atoms with Crippen LogP contribution in [-0.4, -0.2) is 32.5 Å². The van der Waals surface area contributed by atoms with Crippen molar-refractivity contribution in [2.75, 3.05) is 20.8 Å². The molecule has 0 bridgehead atoms. The Morgan fingerprint density at radius 1 is 1.08 bits per heavy atom. The zero-order valence-corrected chi connectivity index (χ0v) is 15.5. The van der Waals surface area contributed by atoms with Crippen molar-refractivity contribution in [2.24, 2.45) is 5.16 Å². The zero-order chi connectivity index (χ0) is 18.4. The third-order valence-electron chi connectivity index (χ3n) is 4.42. The van der Waals surface area contributed by atoms with E-state index in [4.69, 9.17) is 14.3 Å². The van der Waals surface area contributed by atoms with Crippen LogP contribution < -0.4 is 4.74 Å². The minimum absolute atomic E-state index is 0.209. The van der Waals surface area contributed by atoms with Gasteiger partial charge in [-0.05, 0) is 56.4 Å². The molecular formula is C20H25NO4. The molecule has 0 aromatic heterocycles. The van der Waals surface area contributed by atoms with Crippen LogP contribution in [0, 0.1) is 6.92 Å². The molecule has 0 heterocycles. The SMILES string of the molecule is CO/N=C(/C(=O)OC)C1=C(COc2ccccc2C)CC(C)=C(C)C1. The smallest absolute Gasteiger partial charge is 0.360 e. The van der Waals surface area contributed by atoms with Gasteiger partial charge in [0, 0.05) is 0 Å². The van der Waals surface area contributed by atoms with Gasteiger partial charge in [-0.3, -0.25) is 0 Å². The minimum Gasteiger partial charge on any atom is -0.489 e. The number of methoxy groups -OCH3 is 1. The summed E-state index contributed by atoms with van der Waals surface area (Å²) in [5.41, 5.74) is 5.64. The van der Waals surface area contributed by atoms with E-state index in [1.807, 2.05) is 31.2 Å². The summed E-state index contributed by atoms with van der Waals surface area (Å²) in [4.78, 5) is 17.0. The summed E-state index contributed by atoms with van der Waals surface area (Å²) >= 11 is 0. The number of esters is 1. The Balaban J connectivity index is 2.34. The molecule has 1 aromatic carbocycles. The number of aryl methyl sites for hydroxylation is 1. The topological polar surface area (TPSA) is 57.1 Å². The van der Waals surface area contributed by atoms with E-state index in [1.54, 1.807) is 0 Å². The van der Waals surface area contributed by atoms with Crippen LogP contribution in [0.2, 0.25) is 0 Å². The molecule has 0 amide bonds. The molecule has 0 radical (unpaired) electrons. The van der Waals surface area contributed by atoms with Crippen molar-refractivity contribution in [3.63, 3.8) is 0 Å². The van der Waals surface area contributed by atoms with Gasteiger partial charge in [-0.25, -0.2) is 4.79 Å². The summed E-state index contributed by atoms with van der Waals surface area (Å²) < 4.78 is 10.9. The summed E-state index contributed by atoms with van der Waals surface area (Å²) in [5.74, 6) is 0.333. The van der Waals surface area contributed by atoms with Gasteiger partial charge in [-0.1, -0.05) is 34.5 Å². The molecule has 5 nitrogen and oxygen atoms in total. The van der Waals surface area contributed by atoms with Crippen LogP contribution in [0.4, 0.5) is 0 Å². The molecule has 1 aromatic rings. The highest BCUT2D eigenvalue weighted by Gasteiger charge is 2.26. The van der Waals surface area contributed by atoms with Gasteiger partial charge < -0.3 is 14.3 Å². The first kappa shape index (κ1) is 18.8. The van der Waals surface area contributed by atoms with Crippen LogP contribution in [0.25, 0.3) is 0 Å². The number of hydrogen-bond donors (Lipinski definition) is 0. The first-order chi connectivity index (χ1) is 12.0. The Kier molecular flexibility index (Phi) is 6.39. The number of hydrogen-bond acceptors (Lipinski definition) is 5. The number of benzene rings is 1. The second-order valence-electron chi connectivity index (χ2n) is 6.16. The highest BCUT2D eigenvalue weighted by molar-refractivity contribution is 6.43. The Morgan fingerprint density at radius 2 is 1.76 bits per heavy atom. The predicted molar refractivity (Wildman–Crippen MR) is 97.8 cm³/mol. The second-order valence-corrected chi connectivity index (χ2v) is 6.16. The molecule has 25 heavy (non-hydrogen) atoms. The monoisotopic (exact) mass is 343 g/mol. The molecular weight excluding hydrogens is 318 g/mol. The lowest BCUT2D eigenvalue weighted by molar-refractivity contribution is -0.132. The van der Waals surface area contributed by atoms with Crippen LogP contribution >= 0.6 is 0 Å². The molecule has 0 fully saturated rings. The van der Waals surface area contributed by atoms with Crippen molar-refractivity contribution in [3.8, 4) is 5.75 Å². The normalized spacial score (nSPS) is 15.3. The van der Waals surface area contributed by atoms with Gasteiger partial charge in [-0.2, -0.15) is 0 Å². The Bertz CT molecular complexity index is 744. The average Bonchev–Trinajstić information content (AvgIpc) is 2.61. The molecule has 5 heteroatoms. The van der Waals surface area contributed by atoms with Crippen molar-refractivity contribution in [2.45, 2.75) is 33.6 Å². The van der Waals surface area contributed by atoms with Gasteiger partial charge in [-0.15, -0.1) is 0 Å². The molecule has 134 valence electrons. The number of oxime groups is 1. The van der Waals surface area contributed by atoms with Crippen molar-refractivity contribution in [1.82, 2.24) is 0 Å². The van der Waals surface area contributed by atoms with Gasteiger partial charge in [0.1, 0.15) is 19.5 Å². The Hall–Kier alpha value is -2.56. The fourth-order valence-corrected chi connectivity index (χ4v) is 2.79. The molecule has 2 rings (SSSR count). The van der Waals surface area contributed by atoms with Crippen LogP contribution in [-0.2, 0) is 14.4 Å². The number of carbonyl (C=O) groups is 1. The van der Waals surface area contributed by atoms with E-state index < -0.39 is 5.97 Å². The van der Waals surface area contributed by atoms with Crippen LogP contribution in [0.3, 0.4) is 0 Å². The summed E-state index contributed by atoms with van der Waals surface area (Å²) in [5, 5.41) is 3.91. The van der Waals surface area contributed by atoms with Gasteiger partial charge >= 0.3 is 5.97 Å². The van der Waals surface area contributed by atoms with E-state index in [1.165, 1.54) is 25.4 Å². The second kappa shape index (κ2) is 8.51. The summed E-state index contributed by atoms with van der Waals surface area (Å²) in [6.45, 7) is 6.57. The van der Waals surface area contributed by atoms with E-state index in [-0.39, 0.29) is 5.71 Å². The molecule has 0 saturated carbocycles. The fourth-order valence-electron chi connectivity index (χ4n) is 2.79. The summed E-state index contributed by atoms with van der Waals surface area (Å²) in [6, 6.07) is 7.87. The van der Waals surface area contributed by atoms with E-state index in [2.05, 4.69) is 19.0 Å². The lowest BCUT2D eigenvalue weighted by atomic mass is 9.85. The molecule has 0 N–H and O–H groups in total. The fraction of sp³-hybridized carbons (Fsp3) is 0.400. The Labute approximate surface area is 149 Å². The third-order valence-corrected chi connectivity index (χ3v) is 4.42. The van der Waals surface area contributed by atoms with Crippen LogP contribution in [0.1, 0.15) is 32.3 Å². The molecule has 0 spiro atoms. The maximum atomic E-state index is 12.1. The third kappa shape index (κ3) is 4.50. The largest absolute Gasteiger partial charge is 0.489 e. The van der Waals surface area contributed by atoms with Gasteiger partial charge in [0.25, 0.3) is 0 Å². The number of para-hydroxylation sites is 1. The maximum Gasteiger partial charge on any atom is 0.360 e. The quantitative estimate of drug-likeness (QED) is 0.339. The standard InChI is InChI=1S/C20H25NO4/c1-13-8-6-7-9-18(13)25-12-16-10-14(2)15(3)11-17(16)19(21-24-5)20(22)23-4/h6-9H,10-12H2,1-5H3/b21-19+. The average molecular weight is 343 g/mol. The molecule has 0 saturated heterocycles. The highest BCUT2D eigenvalue weighted by atomic mass is 16.6. The van der Waals surface area contributed by atoms with Crippen molar-refractivity contribution >= 4 is 11.7 Å². The Morgan fingerprint density at radius 3 is 2.40 bits per heavy atom. The highest BCUT2D eigenvalue weighted by Crippen LogP contribution is 2.31. The number of allylic oxidation sites excluding steroid dienone is 2. The van der Waals surface area contributed by atoms with Crippen LogP contribution in [0.15, 0.2) is 51.7 Å². The number of ether oxygens (including phenoxy) is 2. The molecule has 0 aliphatic heterocycles. The first-order valence-electron chi connectivity index (χ1n) is 8.22. The number of rotatable bonds is 6. The number of carbonyl (C=O) groups excluding carboxylic acids is 1. The lowest BCUT2D eigenvalue weighted by Gasteiger charge is -2.23.